The number of fused-ring (bicyclic) bond motifs is 1. The summed E-state index contributed by atoms with van der Waals surface area (Å²) in [5, 5.41) is 18.3. The Bertz CT molecular complexity index is 475. The third-order valence-electron chi connectivity index (χ3n) is 1.93. The Kier molecular flexibility index (Phi) is 1.76. The van der Waals surface area contributed by atoms with Crippen LogP contribution in [0.1, 0.15) is 12.8 Å². The molecule has 2 rings (SSSR count). The maximum atomic E-state index is 9.58. The Morgan fingerprint density at radius 3 is 2.86 bits per heavy atom. The molecule has 0 aliphatic carbocycles. The second-order valence-corrected chi connectivity index (χ2v) is 3.17. The van der Waals surface area contributed by atoms with Crippen LogP contribution in [0.3, 0.4) is 0 Å². The number of hydrogen-bond acceptors (Lipinski definition) is 4. The van der Waals surface area contributed by atoms with Crippen molar-refractivity contribution < 1.29 is 9.52 Å². The molecule has 0 saturated heterocycles. The van der Waals surface area contributed by atoms with Gasteiger partial charge in [0.15, 0.2) is 5.58 Å². The molecule has 1 aromatic carbocycles. The molecule has 70 valence electrons. The summed E-state index contributed by atoms with van der Waals surface area (Å²) in [5.41, 5.74) is -0.463. The Morgan fingerprint density at radius 2 is 2.21 bits per heavy atom. The van der Waals surface area contributed by atoms with Crippen LogP contribution in [0.4, 0.5) is 0 Å². The van der Waals surface area contributed by atoms with Gasteiger partial charge >= 0.3 is 0 Å². The van der Waals surface area contributed by atoms with Gasteiger partial charge in [0.1, 0.15) is 11.6 Å². The van der Waals surface area contributed by atoms with E-state index in [9.17, 15) is 5.11 Å². The smallest absolute Gasteiger partial charge is 0.242 e. The van der Waals surface area contributed by atoms with E-state index >= 15 is 0 Å². The van der Waals surface area contributed by atoms with E-state index in [1.54, 1.807) is 24.3 Å². The van der Waals surface area contributed by atoms with Crippen molar-refractivity contribution in [3.8, 4) is 6.07 Å². The average molecular weight is 188 g/mol. The zero-order valence-electron chi connectivity index (χ0n) is 7.56. The molecule has 1 N–H and O–H groups in total. The first kappa shape index (κ1) is 8.73. The second-order valence-electron chi connectivity index (χ2n) is 3.17. The monoisotopic (exact) mass is 188 g/mol. The van der Waals surface area contributed by atoms with Gasteiger partial charge in [-0.2, -0.15) is 5.26 Å². The number of nitriles is 1. The van der Waals surface area contributed by atoms with Crippen LogP contribution in [-0.2, 0) is 5.60 Å². The van der Waals surface area contributed by atoms with Crippen LogP contribution in [0.2, 0.25) is 0 Å². The molecule has 0 aliphatic rings. The number of para-hydroxylation sites is 2. The Balaban J connectivity index is 2.62. The minimum absolute atomic E-state index is 0.0289. The van der Waals surface area contributed by atoms with E-state index in [1.165, 1.54) is 6.92 Å². The van der Waals surface area contributed by atoms with E-state index in [0.29, 0.717) is 11.1 Å². The molecule has 0 saturated carbocycles. The maximum absolute atomic E-state index is 9.58. The van der Waals surface area contributed by atoms with Gasteiger partial charge in [-0.1, -0.05) is 12.1 Å². The first-order chi connectivity index (χ1) is 6.63. The zero-order chi connectivity index (χ0) is 10.2. The number of nitrogens with zero attached hydrogens (tertiary/aromatic N) is 2. The molecule has 0 amide bonds. The second kappa shape index (κ2) is 2.82. The van der Waals surface area contributed by atoms with Crippen molar-refractivity contribution >= 4 is 11.1 Å². The van der Waals surface area contributed by atoms with Crippen LogP contribution in [0.5, 0.6) is 0 Å². The van der Waals surface area contributed by atoms with Crippen molar-refractivity contribution in [2.24, 2.45) is 0 Å². The highest BCUT2D eigenvalue weighted by Gasteiger charge is 2.28. The normalized spacial score (nSPS) is 14.9. The van der Waals surface area contributed by atoms with Gasteiger partial charge in [0.2, 0.25) is 11.5 Å². The van der Waals surface area contributed by atoms with Crippen LogP contribution in [0.25, 0.3) is 11.1 Å². The predicted molar refractivity (Wildman–Crippen MR) is 49.2 cm³/mol. The number of aliphatic hydroxyl groups is 1. The lowest BCUT2D eigenvalue weighted by Crippen LogP contribution is -2.18. The molecule has 0 fully saturated rings. The molecule has 0 radical (unpaired) electrons. The lowest BCUT2D eigenvalue weighted by atomic mass is 10.1. The minimum atomic E-state index is -1.67. The lowest BCUT2D eigenvalue weighted by Gasteiger charge is -2.06. The van der Waals surface area contributed by atoms with Gasteiger partial charge in [-0.05, 0) is 19.1 Å². The van der Waals surface area contributed by atoms with Gasteiger partial charge in [0.25, 0.3) is 0 Å². The first-order valence-electron chi connectivity index (χ1n) is 4.13. The van der Waals surface area contributed by atoms with Gasteiger partial charge in [0.05, 0.1) is 0 Å². The molecular weight excluding hydrogens is 180 g/mol. The molecule has 0 aliphatic heterocycles. The molecule has 1 unspecified atom stereocenters. The standard InChI is InChI=1S/C10H8N2O2/c1-10(13,6-11)9-12-7-4-2-3-5-8(7)14-9/h2-5,13H,1H3. The summed E-state index contributed by atoms with van der Waals surface area (Å²) in [6, 6.07) is 8.83. The van der Waals surface area contributed by atoms with Gasteiger partial charge in [-0.15, -0.1) is 0 Å². The molecule has 2 aromatic rings. The van der Waals surface area contributed by atoms with Crippen molar-refractivity contribution in [3.63, 3.8) is 0 Å². The summed E-state index contributed by atoms with van der Waals surface area (Å²) in [7, 11) is 0. The van der Waals surface area contributed by atoms with Crippen LogP contribution >= 0.6 is 0 Å². The number of aromatic nitrogens is 1. The van der Waals surface area contributed by atoms with E-state index in [4.69, 9.17) is 9.68 Å². The SMILES string of the molecule is CC(O)(C#N)c1nc2ccccc2o1. The summed E-state index contributed by atoms with van der Waals surface area (Å²) >= 11 is 0. The largest absolute Gasteiger partial charge is 0.436 e. The zero-order valence-corrected chi connectivity index (χ0v) is 7.56. The Morgan fingerprint density at radius 1 is 1.50 bits per heavy atom. The molecular formula is C10H8N2O2. The van der Waals surface area contributed by atoms with Crippen molar-refractivity contribution in [2.75, 3.05) is 0 Å². The van der Waals surface area contributed by atoms with E-state index in [-0.39, 0.29) is 5.89 Å². The highest BCUT2D eigenvalue weighted by atomic mass is 16.4. The van der Waals surface area contributed by atoms with Gasteiger partial charge < -0.3 is 9.52 Å². The van der Waals surface area contributed by atoms with Crippen LogP contribution < -0.4 is 0 Å². The van der Waals surface area contributed by atoms with Crippen molar-refractivity contribution in [2.45, 2.75) is 12.5 Å². The molecule has 0 spiro atoms. The molecule has 0 bridgehead atoms. The topological polar surface area (TPSA) is 70.0 Å². The molecule has 1 aromatic heterocycles. The number of oxazole rings is 1. The first-order valence-corrected chi connectivity index (χ1v) is 4.13. The summed E-state index contributed by atoms with van der Waals surface area (Å²) in [6.07, 6.45) is 0. The number of rotatable bonds is 1. The summed E-state index contributed by atoms with van der Waals surface area (Å²) in [4.78, 5) is 4.02. The Labute approximate surface area is 80.4 Å². The molecule has 14 heavy (non-hydrogen) atoms. The van der Waals surface area contributed by atoms with E-state index in [2.05, 4.69) is 4.98 Å². The number of hydrogen-bond donors (Lipinski definition) is 1. The summed E-state index contributed by atoms with van der Waals surface area (Å²) in [6.45, 7) is 1.34. The van der Waals surface area contributed by atoms with Gasteiger partial charge in [-0.25, -0.2) is 4.98 Å². The van der Waals surface area contributed by atoms with Crippen LogP contribution in [-0.4, -0.2) is 10.1 Å². The fourth-order valence-corrected chi connectivity index (χ4v) is 1.13. The lowest BCUT2D eigenvalue weighted by molar-refractivity contribution is 0.0890. The molecule has 4 heteroatoms. The number of benzene rings is 1. The van der Waals surface area contributed by atoms with Gasteiger partial charge in [-0.3, -0.25) is 0 Å². The summed E-state index contributed by atoms with van der Waals surface area (Å²) < 4.78 is 5.24. The molecule has 4 nitrogen and oxygen atoms in total. The van der Waals surface area contributed by atoms with Crippen molar-refractivity contribution in [1.82, 2.24) is 4.98 Å². The quantitative estimate of drug-likeness (QED) is 0.689. The fraction of sp³-hybridized carbons (Fsp3) is 0.200. The predicted octanol–water partition coefficient (Wildman–Crippen LogP) is 1.56. The van der Waals surface area contributed by atoms with E-state index in [0.717, 1.165) is 0 Å². The van der Waals surface area contributed by atoms with E-state index < -0.39 is 5.60 Å². The third kappa shape index (κ3) is 1.24. The van der Waals surface area contributed by atoms with Crippen LogP contribution in [0.15, 0.2) is 28.7 Å². The maximum Gasteiger partial charge on any atom is 0.242 e. The minimum Gasteiger partial charge on any atom is -0.436 e. The fourth-order valence-electron chi connectivity index (χ4n) is 1.13. The molecule has 1 atom stereocenters. The summed E-state index contributed by atoms with van der Waals surface area (Å²) in [5.74, 6) is 0.0289. The van der Waals surface area contributed by atoms with E-state index in [1.807, 2.05) is 6.07 Å². The molecule has 1 heterocycles. The highest BCUT2D eigenvalue weighted by molar-refractivity contribution is 5.72. The van der Waals surface area contributed by atoms with Crippen molar-refractivity contribution in [3.05, 3.63) is 30.2 Å². The Hall–Kier alpha value is -1.86. The average Bonchev–Trinajstić information content (AvgIpc) is 2.61. The van der Waals surface area contributed by atoms with Crippen molar-refractivity contribution in [1.29, 1.82) is 5.26 Å². The van der Waals surface area contributed by atoms with Gasteiger partial charge in [0, 0.05) is 0 Å². The van der Waals surface area contributed by atoms with Crippen LogP contribution in [0, 0.1) is 11.3 Å². The highest BCUT2D eigenvalue weighted by Crippen LogP contribution is 2.23. The third-order valence-corrected chi connectivity index (χ3v) is 1.93.